The second-order valence-electron chi connectivity index (χ2n) is 2.95. The number of benzene rings is 1. The van der Waals surface area contributed by atoms with Gasteiger partial charge in [0.15, 0.2) is 0 Å². The molecule has 0 amide bonds. The number of carbonyl (C=O) groups is 1. The Bertz CT molecular complexity index is 393. The molecule has 0 fully saturated rings. The highest BCUT2D eigenvalue weighted by Gasteiger charge is 2.09. The van der Waals surface area contributed by atoms with E-state index < -0.39 is 5.97 Å². The lowest BCUT2D eigenvalue weighted by Crippen LogP contribution is -1.97. The summed E-state index contributed by atoms with van der Waals surface area (Å²) in [5.74, 6) is -0.871. The van der Waals surface area contributed by atoms with Crippen molar-refractivity contribution < 1.29 is 13.9 Å². The van der Waals surface area contributed by atoms with Crippen LogP contribution in [0.5, 0.6) is 0 Å². The van der Waals surface area contributed by atoms with Crippen molar-refractivity contribution in [3.8, 4) is 0 Å². The van der Waals surface area contributed by atoms with Gasteiger partial charge in [0.25, 0.3) is 0 Å². The summed E-state index contributed by atoms with van der Waals surface area (Å²) in [7, 11) is 1.28. The zero-order chi connectivity index (χ0) is 11.4. The van der Waals surface area contributed by atoms with Crippen LogP contribution in [0.3, 0.4) is 0 Å². The highest BCUT2D eigenvalue weighted by Crippen LogP contribution is 2.26. The molecule has 80 valence electrons. The number of hydrogen-bond acceptors (Lipinski definition) is 2. The molecule has 0 aliphatic rings. The van der Waals surface area contributed by atoms with Gasteiger partial charge < -0.3 is 4.74 Å². The number of ether oxygens (including phenoxy) is 1. The molecule has 0 aliphatic heterocycles. The van der Waals surface area contributed by atoms with Crippen molar-refractivity contribution in [1.82, 2.24) is 0 Å². The van der Waals surface area contributed by atoms with E-state index in [2.05, 4.69) is 20.7 Å². The van der Waals surface area contributed by atoms with Gasteiger partial charge in [-0.2, -0.15) is 0 Å². The van der Waals surface area contributed by atoms with Gasteiger partial charge in [-0.3, -0.25) is 0 Å². The first-order valence-corrected chi connectivity index (χ1v) is 5.06. The molecule has 4 heteroatoms. The molecule has 0 bridgehead atoms. The van der Waals surface area contributed by atoms with Crippen LogP contribution in [-0.4, -0.2) is 13.1 Å². The Morgan fingerprint density at radius 2 is 2.20 bits per heavy atom. The monoisotopic (exact) mass is 272 g/mol. The lowest BCUT2D eigenvalue weighted by Gasteiger charge is -2.05. The van der Waals surface area contributed by atoms with Gasteiger partial charge in [-0.25, -0.2) is 9.18 Å². The van der Waals surface area contributed by atoms with Crippen molar-refractivity contribution in [2.24, 2.45) is 0 Å². The molecule has 0 radical (unpaired) electrons. The third kappa shape index (κ3) is 2.89. The third-order valence-corrected chi connectivity index (χ3v) is 2.55. The van der Waals surface area contributed by atoms with Crippen LogP contribution in [0.15, 0.2) is 28.7 Å². The SMILES string of the molecule is COC(=O)/C=C(\C)c1c(F)cccc1Br. The molecule has 0 aliphatic carbocycles. The molecule has 0 unspecified atom stereocenters. The molecule has 0 spiro atoms. The number of methoxy groups -OCH3 is 1. The van der Waals surface area contributed by atoms with Gasteiger partial charge in [-0.15, -0.1) is 0 Å². The number of esters is 1. The van der Waals surface area contributed by atoms with Gasteiger partial charge in [0.05, 0.1) is 7.11 Å². The number of rotatable bonds is 2. The number of hydrogen-bond donors (Lipinski definition) is 0. The van der Waals surface area contributed by atoms with Gasteiger partial charge >= 0.3 is 5.97 Å². The van der Waals surface area contributed by atoms with E-state index in [-0.39, 0.29) is 5.82 Å². The Morgan fingerprint density at radius 1 is 1.53 bits per heavy atom. The Morgan fingerprint density at radius 3 is 2.73 bits per heavy atom. The minimum atomic E-state index is -0.498. The summed E-state index contributed by atoms with van der Waals surface area (Å²) in [5, 5.41) is 0. The molecule has 0 aromatic heterocycles. The van der Waals surface area contributed by atoms with Gasteiger partial charge in [-0.05, 0) is 24.6 Å². The quantitative estimate of drug-likeness (QED) is 0.611. The lowest BCUT2D eigenvalue weighted by atomic mass is 10.1. The van der Waals surface area contributed by atoms with E-state index in [0.29, 0.717) is 15.6 Å². The minimum Gasteiger partial charge on any atom is -0.466 e. The molecule has 1 rings (SSSR count). The molecule has 15 heavy (non-hydrogen) atoms. The summed E-state index contributed by atoms with van der Waals surface area (Å²) < 4.78 is 18.5. The fraction of sp³-hybridized carbons (Fsp3) is 0.182. The fourth-order valence-electron chi connectivity index (χ4n) is 1.18. The molecule has 1 aromatic carbocycles. The van der Waals surface area contributed by atoms with Crippen molar-refractivity contribution in [2.45, 2.75) is 6.92 Å². The highest BCUT2D eigenvalue weighted by molar-refractivity contribution is 9.10. The highest BCUT2D eigenvalue weighted by atomic mass is 79.9. The van der Waals surface area contributed by atoms with E-state index in [1.807, 2.05) is 0 Å². The molecule has 0 atom stereocenters. The van der Waals surface area contributed by atoms with Crippen LogP contribution in [0.25, 0.3) is 5.57 Å². The van der Waals surface area contributed by atoms with E-state index in [9.17, 15) is 9.18 Å². The van der Waals surface area contributed by atoms with E-state index in [4.69, 9.17) is 0 Å². The van der Waals surface area contributed by atoms with Crippen molar-refractivity contribution in [3.63, 3.8) is 0 Å². The van der Waals surface area contributed by atoms with Crippen molar-refractivity contribution in [1.29, 1.82) is 0 Å². The maximum absolute atomic E-state index is 13.4. The Kier molecular flexibility index (Phi) is 4.03. The zero-order valence-electron chi connectivity index (χ0n) is 8.38. The Labute approximate surface area is 95.9 Å². The molecule has 0 saturated heterocycles. The standard InChI is InChI=1S/C11H10BrFO2/c1-7(6-10(14)15-2)11-8(12)4-3-5-9(11)13/h3-6H,1-2H3/b7-6+. The second kappa shape index (κ2) is 5.07. The average molecular weight is 273 g/mol. The van der Waals surface area contributed by atoms with Crippen LogP contribution < -0.4 is 0 Å². The average Bonchev–Trinajstić information content (AvgIpc) is 2.17. The van der Waals surface area contributed by atoms with Gasteiger partial charge in [-0.1, -0.05) is 22.0 Å². The van der Waals surface area contributed by atoms with Crippen LogP contribution in [0.2, 0.25) is 0 Å². The molecular weight excluding hydrogens is 263 g/mol. The van der Waals surface area contributed by atoms with Gasteiger partial charge in [0.2, 0.25) is 0 Å². The summed E-state index contributed by atoms with van der Waals surface area (Å²) in [6.45, 7) is 1.65. The third-order valence-electron chi connectivity index (χ3n) is 1.89. The molecule has 0 N–H and O–H groups in total. The van der Waals surface area contributed by atoms with E-state index in [0.717, 1.165) is 0 Å². The van der Waals surface area contributed by atoms with Crippen molar-refractivity contribution >= 4 is 27.5 Å². The topological polar surface area (TPSA) is 26.3 Å². The summed E-state index contributed by atoms with van der Waals surface area (Å²) in [6.07, 6.45) is 1.25. The summed E-state index contributed by atoms with van der Waals surface area (Å²) >= 11 is 3.23. The smallest absolute Gasteiger partial charge is 0.330 e. The number of halogens is 2. The maximum Gasteiger partial charge on any atom is 0.330 e. The van der Waals surface area contributed by atoms with E-state index in [1.165, 1.54) is 19.3 Å². The second-order valence-corrected chi connectivity index (χ2v) is 3.80. The Hall–Kier alpha value is -1.16. The minimum absolute atomic E-state index is 0.373. The van der Waals surface area contributed by atoms with Gasteiger partial charge in [0, 0.05) is 16.1 Å². The predicted molar refractivity (Wildman–Crippen MR) is 59.8 cm³/mol. The van der Waals surface area contributed by atoms with E-state index in [1.54, 1.807) is 19.1 Å². The Balaban J connectivity index is 3.16. The molecule has 0 heterocycles. The fourth-order valence-corrected chi connectivity index (χ4v) is 1.84. The largest absolute Gasteiger partial charge is 0.466 e. The van der Waals surface area contributed by atoms with Crippen LogP contribution in [0, 0.1) is 5.82 Å². The van der Waals surface area contributed by atoms with E-state index >= 15 is 0 Å². The number of allylic oxidation sites excluding steroid dienone is 1. The summed E-state index contributed by atoms with van der Waals surface area (Å²) in [4.78, 5) is 11.0. The predicted octanol–water partition coefficient (Wildman–Crippen LogP) is 3.16. The van der Waals surface area contributed by atoms with Crippen LogP contribution in [-0.2, 0) is 9.53 Å². The summed E-state index contributed by atoms with van der Waals surface area (Å²) in [6, 6.07) is 4.65. The van der Waals surface area contributed by atoms with Crippen LogP contribution >= 0.6 is 15.9 Å². The molecule has 2 nitrogen and oxygen atoms in total. The van der Waals surface area contributed by atoms with Crippen molar-refractivity contribution in [2.75, 3.05) is 7.11 Å². The normalized spacial score (nSPS) is 11.3. The maximum atomic E-state index is 13.4. The van der Waals surface area contributed by atoms with Crippen molar-refractivity contribution in [3.05, 3.63) is 40.1 Å². The molecule has 0 saturated carbocycles. The van der Waals surface area contributed by atoms with Crippen LogP contribution in [0.1, 0.15) is 12.5 Å². The number of carbonyl (C=O) groups excluding carboxylic acids is 1. The molecule has 1 aromatic rings. The zero-order valence-corrected chi connectivity index (χ0v) is 9.97. The lowest BCUT2D eigenvalue weighted by molar-refractivity contribution is -0.134. The first-order chi connectivity index (χ1) is 7.06. The molecular formula is C11H10BrFO2. The summed E-state index contributed by atoms with van der Waals surface area (Å²) in [5.41, 5.74) is 0.898. The van der Waals surface area contributed by atoms with Gasteiger partial charge in [0.1, 0.15) is 5.82 Å². The first-order valence-electron chi connectivity index (χ1n) is 4.27. The van der Waals surface area contributed by atoms with Crippen LogP contribution in [0.4, 0.5) is 4.39 Å². The first kappa shape index (κ1) is 11.9.